The quantitative estimate of drug-likeness (QED) is 0.216. The van der Waals surface area contributed by atoms with E-state index in [2.05, 4.69) is 15.1 Å². The molecule has 0 saturated heterocycles. The van der Waals surface area contributed by atoms with Crippen LogP contribution in [-0.2, 0) is 11.2 Å². The number of carbonyl (C=O) groups excluding carboxylic acids is 1. The fraction of sp³-hybridized carbons (Fsp3) is 0.133. The predicted molar refractivity (Wildman–Crippen MR) is 158 cm³/mol. The summed E-state index contributed by atoms with van der Waals surface area (Å²) in [6.45, 7) is 0. The van der Waals surface area contributed by atoms with E-state index in [0.29, 0.717) is 32.3 Å². The third kappa shape index (κ3) is 5.28. The maximum atomic E-state index is 15.4. The molecule has 0 aliphatic carbocycles. The lowest BCUT2D eigenvalue weighted by Crippen LogP contribution is -2.42. The smallest absolute Gasteiger partial charge is 0.321 e. The standard InChI is InChI=1S/C30H20Cl2F2N4O2S/c31-19-9-5-17(6-10-19)24-15-23(37-38(24)29(40)30(33,34)16-25-35-13-14-41-25)27-26(18-7-11-20(32)12-8-18)21-3-1-2-4-22(21)36-28(27)39/h1-14,24H,15-16H2,(H,36,39). The van der Waals surface area contributed by atoms with Crippen molar-refractivity contribution in [2.45, 2.75) is 24.8 Å². The Morgan fingerprint density at radius 1 is 1.00 bits per heavy atom. The molecule has 1 atom stereocenters. The van der Waals surface area contributed by atoms with E-state index in [4.69, 9.17) is 23.2 Å². The van der Waals surface area contributed by atoms with Gasteiger partial charge in [-0.2, -0.15) is 13.9 Å². The second kappa shape index (κ2) is 10.8. The van der Waals surface area contributed by atoms with Gasteiger partial charge in [0.05, 0.1) is 28.7 Å². The van der Waals surface area contributed by atoms with Gasteiger partial charge in [0.1, 0.15) is 0 Å². The zero-order chi connectivity index (χ0) is 28.7. The van der Waals surface area contributed by atoms with Crippen molar-refractivity contribution in [2.75, 3.05) is 0 Å². The Labute approximate surface area is 246 Å². The van der Waals surface area contributed by atoms with Crippen molar-refractivity contribution in [2.24, 2.45) is 5.10 Å². The van der Waals surface area contributed by atoms with Gasteiger partial charge >= 0.3 is 11.8 Å². The zero-order valence-corrected chi connectivity index (χ0v) is 23.5. The number of pyridine rings is 1. The number of para-hydroxylation sites is 1. The van der Waals surface area contributed by atoms with Crippen LogP contribution in [0.1, 0.15) is 28.6 Å². The first-order valence-corrected chi connectivity index (χ1v) is 14.2. The monoisotopic (exact) mass is 608 g/mol. The molecule has 1 aliphatic heterocycles. The average Bonchev–Trinajstić information content (AvgIpc) is 3.63. The molecule has 3 heterocycles. The Balaban J connectivity index is 1.52. The van der Waals surface area contributed by atoms with Crippen LogP contribution in [0.25, 0.3) is 22.0 Å². The van der Waals surface area contributed by atoms with E-state index in [9.17, 15) is 9.59 Å². The van der Waals surface area contributed by atoms with Crippen molar-refractivity contribution in [3.8, 4) is 11.1 Å². The lowest BCUT2D eigenvalue weighted by molar-refractivity contribution is -0.159. The molecule has 41 heavy (non-hydrogen) atoms. The number of hydrazone groups is 1. The molecule has 1 unspecified atom stereocenters. The Kier molecular flexibility index (Phi) is 7.19. The highest BCUT2D eigenvalue weighted by Crippen LogP contribution is 2.39. The molecule has 0 fully saturated rings. The number of thiazole rings is 1. The van der Waals surface area contributed by atoms with Crippen LogP contribution < -0.4 is 5.56 Å². The number of nitrogens with zero attached hydrogens (tertiary/aromatic N) is 3. The summed E-state index contributed by atoms with van der Waals surface area (Å²) in [5.41, 5.74) is 2.36. The fourth-order valence-corrected chi connectivity index (χ4v) is 5.92. The molecule has 1 aliphatic rings. The number of carbonyl (C=O) groups is 1. The fourth-order valence-electron chi connectivity index (χ4n) is 5.00. The second-order valence-corrected chi connectivity index (χ2v) is 11.4. The third-order valence-electron chi connectivity index (χ3n) is 6.89. The number of nitrogens with one attached hydrogen (secondary N) is 1. The highest BCUT2D eigenvalue weighted by molar-refractivity contribution is 7.09. The van der Waals surface area contributed by atoms with Gasteiger partial charge in [-0.05, 0) is 41.5 Å². The number of halogens is 4. The molecule has 3 aromatic carbocycles. The molecule has 6 nitrogen and oxygen atoms in total. The molecular formula is C30H20Cl2F2N4O2S. The van der Waals surface area contributed by atoms with Gasteiger partial charge in [-0.25, -0.2) is 9.99 Å². The van der Waals surface area contributed by atoms with Crippen LogP contribution in [0.2, 0.25) is 10.0 Å². The molecule has 0 saturated carbocycles. The Morgan fingerprint density at radius 2 is 1.68 bits per heavy atom. The number of amides is 1. The zero-order valence-electron chi connectivity index (χ0n) is 21.2. The van der Waals surface area contributed by atoms with Gasteiger partial charge in [0.2, 0.25) is 0 Å². The molecule has 0 bridgehead atoms. The van der Waals surface area contributed by atoms with Gasteiger partial charge in [0.15, 0.2) is 0 Å². The van der Waals surface area contributed by atoms with Crippen LogP contribution >= 0.6 is 34.5 Å². The predicted octanol–water partition coefficient (Wildman–Crippen LogP) is 7.51. The number of rotatable bonds is 6. The molecule has 1 N–H and O–H groups in total. The largest absolute Gasteiger partial charge is 0.332 e. The number of H-pyrrole nitrogens is 1. The number of benzene rings is 3. The van der Waals surface area contributed by atoms with Crippen molar-refractivity contribution in [1.29, 1.82) is 0 Å². The highest BCUT2D eigenvalue weighted by Gasteiger charge is 2.48. The molecular weight excluding hydrogens is 589 g/mol. The van der Waals surface area contributed by atoms with Crippen LogP contribution in [0.3, 0.4) is 0 Å². The average molecular weight is 609 g/mol. The normalized spacial score (nSPS) is 15.4. The van der Waals surface area contributed by atoms with Crippen molar-refractivity contribution in [1.82, 2.24) is 15.0 Å². The van der Waals surface area contributed by atoms with Gasteiger partial charge in [-0.15, -0.1) is 11.3 Å². The summed E-state index contributed by atoms with van der Waals surface area (Å²) < 4.78 is 30.8. The SMILES string of the molecule is O=C(N1N=C(c2c(-c3ccc(Cl)cc3)c3ccccc3[nH]c2=O)CC1c1ccc(Cl)cc1)C(F)(F)Cc1nccs1. The molecule has 11 heteroatoms. The van der Waals surface area contributed by atoms with Gasteiger partial charge in [0.25, 0.3) is 5.56 Å². The summed E-state index contributed by atoms with van der Waals surface area (Å²) >= 11 is 13.3. The van der Waals surface area contributed by atoms with Crippen molar-refractivity contribution >= 4 is 57.1 Å². The maximum absolute atomic E-state index is 15.4. The summed E-state index contributed by atoms with van der Waals surface area (Å²) in [6, 6.07) is 19.9. The number of fused-ring (bicyclic) bond motifs is 1. The topological polar surface area (TPSA) is 78.4 Å². The van der Waals surface area contributed by atoms with Crippen LogP contribution in [0.15, 0.2) is 94.3 Å². The third-order valence-corrected chi connectivity index (χ3v) is 8.17. The molecule has 6 rings (SSSR count). The molecule has 0 spiro atoms. The van der Waals surface area contributed by atoms with E-state index in [1.54, 1.807) is 66.0 Å². The van der Waals surface area contributed by atoms with Crippen LogP contribution in [0, 0.1) is 0 Å². The Morgan fingerprint density at radius 3 is 2.37 bits per heavy atom. The van der Waals surface area contributed by atoms with Crippen LogP contribution in [0.4, 0.5) is 8.78 Å². The number of aromatic amines is 1. The minimum Gasteiger partial charge on any atom is -0.321 e. The number of aromatic nitrogens is 2. The summed E-state index contributed by atoms with van der Waals surface area (Å²) in [5.74, 6) is -5.26. The number of hydrogen-bond donors (Lipinski definition) is 1. The van der Waals surface area contributed by atoms with E-state index in [0.717, 1.165) is 21.7 Å². The Bertz CT molecular complexity index is 1840. The van der Waals surface area contributed by atoms with Crippen molar-refractivity contribution in [3.05, 3.63) is 121 Å². The lowest BCUT2D eigenvalue weighted by atomic mass is 9.91. The summed E-state index contributed by atoms with van der Waals surface area (Å²) in [7, 11) is 0. The van der Waals surface area contributed by atoms with Gasteiger partial charge < -0.3 is 4.98 Å². The van der Waals surface area contributed by atoms with E-state index in [1.165, 1.54) is 6.20 Å². The molecule has 0 radical (unpaired) electrons. The summed E-state index contributed by atoms with van der Waals surface area (Å²) in [6.07, 6.45) is 0.584. The van der Waals surface area contributed by atoms with Gasteiger partial charge in [-0.1, -0.05) is 65.7 Å². The summed E-state index contributed by atoms with van der Waals surface area (Å²) in [4.78, 5) is 33.8. The number of alkyl halides is 2. The van der Waals surface area contributed by atoms with E-state index in [-0.39, 0.29) is 22.7 Å². The first-order valence-electron chi connectivity index (χ1n) is 12.6. The number of hydrogen-bond acceptors (Lipinski definition) is 5. The molecule has 206 valence electrons. The minimum absolute atomic E-state index is 0.0305. The molecule has 1 amide bonds. The van der Waals surface area contributed by atoms with E-state index < -0.39 is 29.9 Å². The van der Waals surface area contributed by atoms with E-state index in [1.807, 2.05) is 12.1 Å². The molecule has 2 aromatic heterocycles. The first kappa shape index (κ1) is 27.3. The minimum atomic E-state index is -3.78. The highest BCUT2D eigenvalue weighted by atomic mass is 35.5. The van der Waals surface area contributed by atoms with Crippen LogP contribution in [0.5, 0.6) is 0 Å². The van der Waals surface area contributed by atoms with Crippen LogP contribution in [-0.4, -0.2) is 32.5 Å². The van der Waals surface area contributed by atoms with Crippen molar-refractivity contribution < 1.29 is 13.6 Å². The maximum Gasteiger partial charge on any atom is 0.332 e. The first-order chi connectivity index (χ1) is 19.7. The molecule has 5 aromatic rings. The van der Waals surface area contributed by atoms with Crippen molar-refractivity contribution in [3.63, 3.8) is 0 Å². The Hall–Kier alpha value is -3.92. The second-order valence-electron chi connectivity index (χ2n) is 9.53. The van der Waals surface area contributed by atoms with E-state index >= 15 is 8.78 Å². The van der Waals surface area contributed by atoms with Gasteiger partial charge in [-0.3, -0.25) is 9.59 Å². The summed E-state index contributed by atoms with van der Waals surface area (Å²) in [5, 5.41) is 8.63. The van der Waals surface area contributed by atoms with Gasteiger partial charge in [0, 0.05) is 44.5 Å². The lowest BCUT2D eigenvalue weighted by Gasteiger charge is -2.25.